The number of hydrogen-bond acceptors (Lipinski definition) is 6. The highest BCUT2D eigenvalue weighted by atomic mass is 19.1. The second kappa shape index (κ2) is 4.29. The van der Waals surface area contributed by atoms with Crippen molar-refractivity contribution in [1.82, 2.24) is 20.1 Å². The summed E-state index contributed by atoms with van der Waals surface area (Å²) in [5.41, 5.74) is 7.05. The van der Waals surface area contributed by atoms with E-state index in [-0.39, 0.29) is 5.89 Å². The van der Waals surface area contributed by atoms with Crippen molar-refractivity contribution in [3.63, 3.8) is 0 Å². The lowest BCUT2D eigenvalue weighted by atomic mass is 9.77. The number of fused-ring (bicyclic) bond motifs is 1. The quantitative estimate of drug-likeness (QED) is 0.775. The van der Waals surface area contributed by atoms with E-state index < -0.39 is 11.4 Å². The molecular formula is C14H12FN5O. The first-order valence-corrected chi connectivity index (χ1v) is 6.69. The van der Waals surface area contributed by atoms with Crippen LogP contribution in [0.3, 0.4) is 0 Å². The van der Waals surface area contributed by atoms with Gasteiger partial charge in [0, 0.05) is 18.5 Å². The second-order valence-electron chi connectivity index (χ2n) is 5.31. The molecule has 6 nitrogen and oxygen atoms in total. The van der Waals surface area contributed by atoms with Crippen LogP contribution in [0, 0.1) is 5.82 Å². The van der Waals surface area contributed by atoms with Gasteiger partial charge < -0.3 is 10.3 Å². The van der Waals surface area contributed by atoms with Crippen LogP contribution in [0.25, 0.3) is 22.5 Å². The van der Waals surface area contributed by atoms with Gasteiger partial charge in [0.25, 0.3) is 5.89 Å². The number of nitrogens with zero attached hydrogens (tertiary/aromatic N) is 4. The Labute approximate surface area is 119 Å². The van der Waals surface area contributed by atoms with Gasteiger partial charge in [-0.25, -0.2) is 4.39 Å². The summed E-state index contributed by atoms with van der Waals surface area (Å²) in [7, 11) is 0. The SMILES string of the molecule is NC1(c2noc(-c3cc(F)cc4nccnc34)n2)CCC1. The van der Waals surface area contributed by atoms with E-state index in [1.165, 1.54) is 24.5 Å². The highest BCUT2D eigenvalue weighted by molar-refractivity contribution is 5.88. The van der Waals surface area contributed by atoms with Crippen molar-refractivity contribution >= 4 is 11.0 Å². The standard InChI is InChI=1S/C14H12FN5O/c15-8-6-9(11-10(7-8)17-4-5-18-11)12-19-13(20-21-12)14(16)2-1-3-14/h4-7H,1-3,16H2. The molecule has 0 bridgehead atoms. The Morgan fingerprint density at radius 1 is 1.19 bits per heavy atom. The normalized spacial score (nSPS) is 16.9. The molecule has 2 heterocycles. The van der Waals surface area contributed by atoms with Crippen LogP contribution in [-0.4, -0.2) is 20.1 Å². The van der Waals surface area contributed by atoms with Gasteiger partial charge in [0.2, 0.25) is 0 Å². The maximum absolute atomic E-state index is 13.7. The zero-order valence-corrected chi connectivity index (χ0v) is 11.1. The summed E-state index contributed by atoms with van der Waals surface area (Å²) in [6.45, 7) is 0. The molecule has 1 aliphatic rings. The van der Waals surface area contributed by atoms with Crippen LogP contribution in [0.1, 0.15) is 25.1 Å². The lowest BCUT2D eigenvalue weighted by Crippen LogP contribution is -2.44. The molecule has 0 unspecified atom stereocenters. The average Bonchev–Trinajstić information content (AvgIpc) is 2.93. The predicted octanol–water partition coefficient (Wildman–Crippen LogP) is 2.16. The topological polar surface area (TPSA) is 90.7 Å². The van der Waals surface area contributed by atoms with Crippen LogP contribution in [-0.2, 0) is 5.54 Å². The first-order valence-electron chi connectivity index (χ1n) is 6.69. The van der Waals surface area contributed by atoms with Crippen LogP contribution >= 0.6 is 0 Å². The molecule has 1 saturated carbocycles. The first-order chi connectivity index (χ1) is 10.2. The Morgan fingerprint density at radius 2 is 2.00 bits per heavy atom. The fourth-order valence-electron chi connectivity index (χ4n) is 2.52. The Balaban J connectivity index is 1.87. The third kappa shape index (κ3) is 1.89. The monoisotopic (exact) mass is 285 g/mol. The molecule has 0 spiro atoms. The average molecular weight is 285 g/mol. The van der Waals surface area contributed by atoms with Gasteiger partial charge in [-0.05, 0) is 25.3 Å². The lowest BCUT2D eigenvalue weighted by molar-refractivity contribution is 0.229. The molecule has 1 aliphatic carbocycles. The van der Waals surface area contributed by atoms with Crippen LogP contribution < -0.4 is 5.73 Å². The Kier molecular flexibility index (Phi) is 2.52. The Morgan fingerprint density at radius 3 is 2.76 bits per heavy atom. The van der Waals surface area contributed by atoms with E-state index in [1.54, 1.807) is 0 Å². The minimum atomic E-state index is -0.517. The van der Waals surface area contributed by atoms with Gasteiger partial charge in [-0.2, -0.15) is 4.98 Å². The van der Waals surface area contributed by atoms with E-state index >= 15 is 0 Å². The van der Waals surface area contributed by atoms with E-state index in [4.69, 9.17) is 10.3 Å². The zero-order chi connectivity index (χ0) is 14.4. The third-order valence-electron chi connectivity index (χ3n) is 3.89. The number of rotatable bonds is 2. The van der Waals surface area contributed by atoms with E-state index in [0.717, 1.165) is 19.3 Å². The second-order valence-corrected chi connectivity index (χ2v) is 5.31. The molecule has 0 atom stereocenters. The molecule has 7 heteroatoms. The minimum absolute atomic E-state index is 0.215. The molecule has 3 aromatic rings. The smallest absolute Gasteiger partial charge is 0.260 e. The van der Waals surface area contributed by atoms with Crippen molar-refractivity contribution in [1.29, 1.82) is 0 Å². The first kappa shape index (κ1) is 12.3. The molecule has 2 aromatic heterocycles. The number of nitrogens with two attached hydrogens (primary N) is 1. The van der Waals surface area contributed by atoms with Crippen LogP contribution in [0.15, 0.2) is 29.0 Å². The van der Waals surface area contributed by atoms with Crippen LogP contribution in [0.5, 0.6) is 0 Å². The van der Waals surface area contributed by atoms with Crippen molar-refractivity contribution < 1.29 is 8.91 Å². The third-order valence-corrected chi connectivity index (χ3v) is 3.89. The van der Waals surface area contributed by atoms with Gasteiger partial charge in [0.1, 0.15) is 11.3 Å². The Hall–Kier alpha value is -2.41. The highest BCUT2D eigenvalue weighted by Gasteiger charge is 2.39. The maximum atomic E-state index is 13.7. The number of halogens is 1. The maximum Gasteiger partial charge on any atom is 0.260 e. The van der Waals surface area contributed by atoms with Gasteiger partial charge in [-0.15, -0.1) is 0 Å². The molecular weight excluding hydrogens is 273 g/mol. The fraction of sp³-hybridized carbons (Fsp3) is 0.286. The highest BCUT2D eigenvalue weighted by Crippen LogP contribution is 2.38. The summed E-state index contributed by atoms with van der Waals surface area (Å²) in [6, 6.07) is 2.64. The van der Waals surface area contributed by atoms with Crippen LogP contribution in [0.4, 0.5) is 4.39 Å². The molecule has 0 radical (unpaired) electrons. The molecule has 106 valence electrons. The lowest BCUT2D eigenvalue weighted by Gasteiger charge is -2.34. The molecule has 21 heavy (non-hydrogen) atoms. The summed E-state index contributed by atoms with van der Waals surface area (Å²) in [6.07, 6.45) is 5.76. The van der Waals surface area contributed by atoms with Gasteiger partial charge in [-0.1, -0.05) is 5.16 Å². The summed E-state index contributed by atoms with van der Waals surface area (Å²) < 4.78 is 19.0. The van der Waals surface area contributed by atoms with E-state index in [9.17, 15) is 4.39 Å². The molecule has 0 aliphatic heterocycles. The zero-order valence-electron chi connectivity index (χ0n) is 11.1. The molecule has 0 amide bonds. The fourth-order valence-corrected chi connectivity index (χ4v) is 2.52. The molecule has 1 fully saturated rings. The van der Waals surface area contributed by atoms with Gasteiger partial charge in [0.15, 0.2) is 5.82 Å². The van der Waals surface area contributed by atoms with Crippen molar-refractivity contribution in [2.45, 2.75) is 24.8 Å². The van der Waals surface area contributed by atoms with Gasteiger partial charge in [-0.3, -0.25) is 9.97 Å². The molecule has 1 aromatic carbocycles. The molecule has 0 saturated heterocycles. The number of benzene rings is 1. The van der Waals surface area contributed by atoms with Crippen molar-refractivity contribution in [2.75, 3.05) is 0 Å². The van der Waals surface area contributed by atoms with E-state index in [2.05, 4.69) is 20.1 Å². The summed E-state index contributed by atoms with van der Waals surface area (Å²) in [4.78, 5) is 12.6. The summed E-state index contributed by atoms with van der Waals surface area (Å²) >= 11 is 0. The molecule has 4 rings (SSSR count). The summed E-state index contributed by atoms with van der Waals surface area (Å²) in [5.74, 6) is 0.251. The van der Waals surface area contributed by atoms with Crippen molar-refractivity contribution in [2.24, 2.45) is 5.73 Å². The predicted molar refractivity (Wildman–Crippen MR) is 72.5 cm³/mol. The molecule has 2 N–H and O–H groups in total. The number of hydrogen-bond donors (Lipinski definition) is 1. The summed E-state index contributed by atoms with van der Waals surface area (Å²) in [5, 5.41) is 3.94. The van der Waals surface area contributed by atoms with E-state index in [0.29, 0.717) is 22.4 Å². The van der Waals surface area contributed by atoms with Gasteiger partial charge >= 0.3 is 0 Å². The Bertz CT molecular complexity index is 827. The van der Waals surface area contributed by atoms with E-state index in [1.807, 2.05) is 0 Å². The van der Waals surface area contributed by atoms with Crippen molar-refractivity contribution in [3.05, 3.63) is 36.2 Å². The van der Waals surface area contributed by atoms with Crippen molar-refractivity contribution in [3.8, 4) is 11.5 Å². The van der Waals surface area contributed by atoms with Gasteiger partial charge in [0.05, 0.1) is 16.6 Å². The number of aromatic nitrogens is 4. The van der Waals surface area contributed by atoms with Crippen LogP contribution in [0.2, 0.25) is 0 Å². The minimum Gasteiger partial charge on any atom is -0.334 e. The largest absolute Gasteiger partial charge is 0.334 e.